The van der Waals surface area contributed by atoms with Crippen molar-refractivity contribution >= 4 is 0 Å². The molecule has 0 bridgehead atoms. The van der Waals surface area contributed by atoms with Gasteiger partial charge < -0.3 is 10.1 Å². The third kappa shape index (κ3) is 3.62. The molecule has 1 N–H and O–H groups in total. The minimum absolute atomic E-state index is 0.0621. The molecular weight excluding hydrogens is 212 g/mol. The second kappa shape index (κ2) is 6.23. The molecule has 0 heterocycles. The number of halogens is 2. The number of hydrogen-bond donors (Lipinski definition) is 1. The zero-order chi connectivity index (χ0) is 12.0. The third-order valence-corrected chi connectivity index (χ3v) is 1.96. The van der Waals surface area contributed by atoms with Crippen molar-refractivity contribution in [1.29, 1.82) is 0 Å². The molecule has 1 atom stereocenters. The largest absolute Gasteiger partial charge is 0.486 e. The van der Waals surface area contributed by atoms with E-state index in [9.17, 15) is 8.78 Å². The van der Waals surface area contributed by atoms with Gasteiger partial charge in [0, 0.05) is 13.1 Å². The summed E-state index contributed by atoms with van der Waals surface area (Å²) in [6.07, 6.45) is 1.48. The van der Waals surface area contributed by atoms with Gasteiger partial charge in [0.2, 0.25) is 5.82 Å². The summed E-state index contributed by atoms with van der Waals surface area (Å²) in [5.41, 5.74) is 0. The lowest BCUT2D eigenvalue weighted by Crippen LogP contribution is -2.29. The van der Waals surface area contributed by atoms with Crippen molar-refractivity contribution in [2.24, 2.45) is 0 Å². The molecule has 1 aromatic rings. The summed E-state index contributed by atoms with van der Waals surface area (Å²) in [6.45, 7) is 6.53. The van der Waals surface area contributed by atoms with Crippen LogP contribution in [-0.4, -0.2) is 19.2 Å². The molecule has 4 heteroatoms. The van der Waals surface area contributed by atoms with Crippen molar-refractivity contribution < 1.29 is 13.5 Å². The number of benzene rings is 1. The molecule has 16 heavy (non-hydrogen) atoms. The third-order valence-electron chi connectivity index (χ3n) is 1.96. The number of hydrogen-bond acceptors (Lipinski definition) is 2. The van der Waals surface area contributed by atoms with Crippen molar-refractivity contribution in [1.82, 2.24) is 5.32 Å². The first-order valence-corrected chi connectivity index (χ1v) is 5.07. The molecule has 0 aliphatic rings. The highest BCUT2D eigenvalue weighted by Gasteiger charge is 2.11. The lowest BCUT2D eigenvalue weighted by atomic mass is 10.3. The predicted molar refractivity (Wildman–Crippen MR) is 59.5 cm³/mol. The molecule has 0 aliphatic heterocycles. The van der Waals surface area contributed by atoms with Crippen LogP contribution in [0.4, 0.5) is 8.78 Å². The number of ether oxygens (including phenoxy) is 1. The van der Waals surface area contributed by atoms with Gasteiger partial charge in [0.1, 0.15) is 6.10 Å². The SMILES string of the molecule is C=CCNCC(C)Oc1cccc(F)c1F. The van der Waals surface area contributed by atoms with Crippen LogP contribution in [0.15, 0.2) is 30.9 Å². The topological polar surface area (TPSA) is 21.3 Å². The Hall–Kier alpha value is -1.42. The van der Waals surface area contributed by atoms with E-state index in [0.717, 1.165) is 6.07 Å². The first-order chi connectivity index (χ1) is 7.65. The van der Waals surface area contributed by atoms with Crippen LogP contribution in [0.3, 0.4) is 0 Å². The van der Waals surface area contributed by atoms with Crippen molar-refractivity contribution in [3.63, 3.8) is 0 Å². The second-order valence-electron chi connectivity index (χ2n) is 3.43. The summed E-state index contributed by atoms with van der Waals surface area (Å²) < 4.78 is 31.3. The fourth-order valence-corrected chi connectivity index (χ4v) is 1.22. The molecular formula is C12H15F2NO. The Kier molecular flexibility index (Phi) is 4.92. The summed E-state index contributed by atoms with van der Waals surface area (Å²) in [7, 11) is 0. The van der Waals surface area contributed by atoms with Gasteiger partial charge in [0.25, 0.3) is 0 Å². The van der Waals surface area contributed by atoms with Gasteiger partial charge in [-0.1, -0.05) is 12.1 Å². The Labute approximate surface area is 93.9 Å². The van der Waals surface area contributed by atoms with Gasteiger partial charge in [-0.3, -0.25) is 0 Å². The van der Waals surface area contributed by atoms with E-state index in [1.165, 1.54) is 12.1 Å². The van der Waals surface area contributed by atoms with E-state index < -0.39 is 11.6 Å². The van der Waals surface area contributed by atoms with E-state index in [1.807, 2.05) is 0 Å². The molecule has 0 amide bonds. The summed E-state index contributed by atoms with van der Waals surface area (Å²) >= 11 is 0. The minimum Gasteiger partial charge on any atom is -0.486 e. The first-order valence-electron chi connectivity index (χ1n) is 5.07. The highest BCUT2D eigenvalue weighted by molar-refractivity contribution is 5.25. The zero-order valence-electron chi connectivity index (χ0n) is 9.17. The van der Waals surface area contributed by atoms with Crippen molar-refractivity contribution in [2.45, 2.75) is 13.0 Å². The summed E-state index contributed by atoms with van der Waals surface area (Å²) in [6, 6.07) is 3.88. The lowest BCUT2D eigenvalue weighted by molar-refractivity contribution is 0.207. The summed E-state index contributed by atoms with van der Waals surface area (Å²) in [5, 5.41) is 3.03. The van der Waals surface area contributed by atoms with Crippen molar-refractivity contribution in [3.8, 4) is 5.75 Å². The maximum Gasteiger partial charge on any atom is 0.200 e. The molecule has 88 valence electrons. The quantitative estimate of drug-likeness (QED) is 0.595. The molecule has 0 aliphatic carbocycles. The Morgan fingerprint density at radius 2 is 2.25 bits per heavy atom. The van der Waals surface area contributed by atoms with Crippen molar-refractivity contribution in [2.75, 3.05) is 13.1 Å². The van der Waals surface area contributed by atoms with E-state index in [4.69, 9.17) is 4.74 Å². The Balaban J connectivity index is 2.52. The van der Waals surface area contributed by atoms with Crippen LogP contribution in [-0.2, 0) is 0 Å². The molecule has 0 saturated heterocycles. The van der Waals surface area contributed by atoms with E-state index in [0.29, 0.717) is 13.1 Å². The average molecular weight is 227 g/mol. The molecule has 0 saturated carbocycles. The molecule has 0 spiro atoms. The lowest BCUT2D eigenvalue weighted by Gasteiger charge is -2.15. The van der Waals surface area contributed by atoms with Crippen LogP contribution in [0, 0.1) is 11.6 Å². The normalized spacial score (nSPS) is 12.2. The van der Waals surface area contributed by atoms with Gasteiger partial charge in [-0.15, -0.1) is 6.58 Å². The van der Waals surface area contributed by atoms with Crippen LogP contribution in [0.1, 0.15) is 6.92 Å². The van der Waals surface area contributed by atoms with Gasteiger partial charge in [0.05, 0.1) is 0 Å². The highest BCUT2D eigenvalue weighted by Crippen LogP contribution is 2.20. The van der Waals surface area contributed by atoms with Gasteiger partial charge in [-0.05, 0) is 19.1 Å². The van der Waals surface area contributed by atoms with Gasteiger partial charge in [0.15, 0.2) is 11.6 Å². The molecule has 0 fully saturated rings. The Morgan fingerprint density at radius 3 is 2.94 bits per heavy atom. The van der Waals surface area contributed by atoms with Crippen LogP contribution >= 0.6 is 0 Å². The van der Waals surface area contributed by atoms with Crippen LogP contribution in [0.25, 0.3) is 0 Å². The maximum atomic E-state index is 13.2. The molecule has 0 aromatic heterocycles. The van der Waals surface area contributed by atoms with Crippen LogP contribution in [0.2, 0.25) is 0 Å². The molecule has 0 radical (unpaired) electrons. The van der Waals surface area contributed by atoms with Gasteiger partial charge in [-0.2, -0.15) is 4.39 Å². The second-order valence-corrected chi connectivity index (χ2v) is 3.43. The highest BCUT2D eigenvalue weighted by atomic mass is 19.2. The standard InChI is InChI=1S/C12H15F2NO/c1-3-7-15-8-9(2)16-11-6-4-5-10(13)12(11)14/h3-6,9,15H,1,7-8H2,2H3. The molecule has 1 aromatic carbocycles. The number of nitrogens with one attached hydrogen (secondary N) is 1. The maximum absolute atomic E-state index is 13.2. The van der Waals surface area contributed by atoms with Gasteiger partial charge in [-0.25, -0.2) is 4.39 Å². The smallest absolute Gasteiger partial charge is 0.200 e. The monoisotopic (exact) mass is 227 g/mol. The first kappa shape index (κ1) is 12.6. The van der Waals surface area contributed by atoms with Crippen molar-refractivity contribution in [3.05, 3.63) is 42.5 Å². The Morgan fingerprint density at radius 1 is 1.50 bits per heavy atom. The van der Waals surface area contributed by atoms with E-state index in [2.05, 4.69) is 11.9 Å². The van der Waals surface area contributed by atoms with Crippen LogP contribution < -0.4 is 10.1 Å². The zero-order valence-corrected chi connectivity index (χ0v) is 9.17. The molecule has 1 rings (SSSR count). The van der Waals surface area contributed by atoms with E-state index in [1.54, 1.807) is 13.0 Å². The molecule has 1 unspecified atom stereocenters. The predicted octanol–water partition coefficient (Wildman–Crippen LogP) is 2.51. The fraction of sp³-hybridized carbons (Fsp3) is 0.333. The molecule has 2 nitrogen and oxygen atoms in total. The average Bonchev–Trinajstić information content (AvgIpc) is 2.25. The van der Waals surface area contributed by atoms with Gasteiger partial charge >= 0.3 is 0 Å². The Bertz CT molecular complexity index is 355. The van der Waals surface area contributed by atoms with E-state index in [-0.39, 0.29) is 11.9 Å². The minimum atomic E-state index is -0.946. The summed E-state index contributed by atoms with van der Waals surface area (Å²) in [4.78, 5) is 0. The van der Waals surface area contributed by atoms with E-state index >= 15 is 0 Å². The van der Waals surface area contributed by atoms with Crippen LogP contribution in [0.5, 0.6) is 5.75 Å². The summed E-state index contributed by atoms with van der Waals surface area (Å²) in [5.74, 6) is -1.91. The number of rotatable bonds is 6. The fourth-order valence-electron chi connectivity index (χ4n) is 1.22.